The lowest BCUT2D eigenvalue weighted by Crippen LogP contribution is -2.31. The van der Waals surface area contributed by atoms with Crippen LogP contribution in [0, 0.1) is 0 Å². The molecule has 0 bridgehead atoms. The average Bonchev–Trinajstić information content (AvgIpc) is 2.88. The Balaban J connectivity index is 1.28. The number of ketones is 2. The third-order valence-electron chi connectivity index (χ3n) is 6.66. The van der Waals surface area contributed by atoms with Crippen molar-refractivity contribution in [3.8, 4) is 23.0 Å². The lowest BCUT2D eigenvalue weighted by Gasteiger charge is -2.24. The number of carboxylic acid groups (broad SMARTS) is 1. The molecule has 2 aromatic carbocycles. The van der Waals surface area contributed by atoms with Gasteiger partial charge < -0.3 is 24.1 Å². The first-order valence-electron chi connectivity index (χ1n) is 13.0. The molecule has 0 fully saturated rings. The first-order valence-corrected chi connectivity index (χ1v) is 13.0. The lowest BCUT2D eigenvalue weighted by atomic mass is 9.98. The molecule has 0 saturated heterocycles. The highest BCUT2D eigenvalue weighted by molar-refractivity contribution is 6.00. The highest BCUT2D eigenvalue weighted by Crippen LogP contribution is 2.37. The SMILES string of the molecule is CCCc1c(OCCCCCOc2cc3c(cc2C(C)=O)CCC(C(=O)O)O3)ccc2c1OCCC2=O. The molecular formula is C29H34O8. The van der Waals surface area contributed by atoms with Crippen LogP contribution in [0.3, 0.4) is 0 Å². The minimum atomic E-state index is -0.996. The number of Topliss-reactive ketones (excluding diaryl/α,β-unsaturated/α-hetero) is 2. The van der Waals surface area contributed by atoms with E-state index in [4.69, 9.17) is 18.9 Å². The number of hydrogen-bond donors (Lipinski definition) is 1. The fraction of sp³-hybridized carbons (Fsp3) is 0.483. The molecule has 2 aliphatic rings. The number of carbonyl (C=O) groups is 3. The topological polar surface area (TPSA) is 108 Å². The van der Waals surface area contributed by atoms with E-state index in [-0.39, 0.29) is 11.6 Å². The average molecular weight is 511 g/mol. The number of carboxylic acids is 1. The normalized spacial score (nSPS) is 16.2. The van der Waals surface area contributed by atoms with Gasteiger partial charge in [0.05, 0.1) is 30.9 Å². The molecule has 37 heavy (non-hydrogen) atoms. The van der Waals surface area contributed by atoms with Crippen molar-refractivity contribution in [2.75, 3.05) is 19.8 Å². The van der Waals surface area contributed by atoms with Crippen molar-refractivity contribution < 1.29 is 38.4 Å². The van der Waals surface area contributed by atoms with Crippen LogP contribution in [0.2, 0.25) is 0 Å². The standard InChI is InChI=1S/C29H34O8/c1-3-7-21-24(11-9-20-23(31)12-15-36-28(20)21)34-13-5-4-6-14-35-27-17-26-19(16-22(27)18(2)30)8-10-25(37-26)29(32)33/h9,11,16-17,25H,3-8,10,12-15H2,1-2H3,(H,32,33). The zero-order chi connectivity index (χ0) is 26.4. The molecule has 0 spiro atoms. The Kier molecular flexibility index (Phi) is 8.69. The molecule has 1 atom stereocenters. The molecule has 2 aromatic rings. The third kappa shape index (κ3) is 6.24. The summed E-state index contributed by atoms with van der Waals surface area (Å²) in [6.45, 7) is 4.94. The fourth-order valence-electron chi connectivity index (χ4n) is 4.72. The summed E-state index contributed by atoms with van der Waals surface area (Å²) in [6, 6.07) is 7.06. The molecule has 0 amide bonds. The van der Waals surface area contributed by atoms with Crippen molar-refractivity contribution in [1.82, 2.24) is 0 Å². The van der Waals surface area contributed by atoms with Crippen molar-refractivity contribution in [1.29, 1.82) is 0 Å². The lowest BCUT2D eigenvalue weighted by molar-refractivity contribution is -0.145. The van der Waals surface area contributed by atoms with Gasteiger partial charge in [0.2, 0.25) is 0 Å². The van der Waals surface area contributed by atoms with Crippen LogP contribution in [0.4, 0.5) is 0 Å². The van der Waals surface area contributed by atoms with Crippen molar-refractivity contribution in [3.63, 3.8) is 0 Å². The molecular weight excluding hydrogens is 476 g/mol. The number of carbonyl (C=O) groups excluding carboxylic acids is 2. The van der Waals surface area contributed by atoms with Crippen molar-refractivity contribution in [3.05, 3.63) is 46.5 Å². The zero-order valence-electron chi connectivity index (χ0n) is 21.5. The largest absolute Gasteiger partial charge is 0.493 e. The van der Waals surface area contributed by atoms with Gasteiger partial charge in [0.15, 0.2) is 17.7 Å². The van der Waals surface area contributed by atoms with Gasteiger partial charge in [-0.3, -0.25) is 9.59 Å². The maximum atomic E-state index is 12.2. The van der Waals surface area contributed by atoms with Gasteiger partial charge in [-0.15, -0.1) is 0 Å². The minimum Gasteiger partial charge on any atom is -0.493 e. The summed E-state index contributed by atoms with van der Waals surface area (Å²) in [5, 5.41) is 9.26. The molecule has 2 heterocycles. The maximum absolute atomic E-state index is 12.2. The Morgan fingerprint density at radius 1 is 1.05 bits per heavy atom. The van der Waals surface area contributed by atoms with E-state index in [1.54, 1.807) is 18.2 Å². The number of benzene rings is 2. The molecule has 0 saturated carbocycles. The van der Waals surface area contributed by atoms with Crippen molar-refractivity contribution in [2.45, 2.75) is 71.3 Å². The summed E-state index contributed by atoms with van der Waals surface area (Å²) in [5.41, 5.74) is 2.92. The van der Waals surface area contributed by atoms with E-state index in [2.05, 4.69) is 6.92 Å². The number of aryl methyl sites for hydroxylation is 1. The molecule has 8 nitrogen and oxygen atoms in total. The number of rotatable bonds is 12. The van der Waals surface area contributed by atoms with Crippen LogP contribution in [-0.2, 0) is 17.6 Å². The van der Waals surface area contributed by atoms with Crippen LogP contribution < -0.4 is 18.9 Å². The Morgan fingerprint density at radius 3 is 2.51 bits per heavy atom. The van der Waals surface area contributed by atoms with Crippen LogP contribution in [-0.4, -0.2) is 48.6 Å². The molecule has 0 radical (unpaired) electrons. The first-order chi connectivity index (χ1) is 17.9. The second kappa shape index (κ2) is 12.1. The highest BCUT2D eigenvalue weighted by Gasteiger charge is 2.28. The van der Waals surface area contributed by atoms with Crippen LogP contribution in [0.1, 0.15) is 84.2 Å². The predicted molar refractivity (Wildman–Crippen MR) is 137 cm³/mol. The van der Waals surface area contributed by atoms with E-state index in [9.17, 15) is 19.5 Å². The van der Waals surface area contributed by atoms with Gasteiger partial charge in [-0.25, -0.2) is 4.79 Å². The number of unbranched alkanes of at least 4 members (excludes halogenated alkanes) is 2. The van der Waals surface area contributed by atoms with Gasteiger partial charge in [0, 0.05) is 18.1 Å². The quantitative estimate of drug-likeness (QED) is 0.306. The molecule has 0 aliphatic carbocycles. The second-order valence-corrected chi connectivity index (χ2v) is 9.44. The second-order valence-electron chi connectivity index (χ2n) is 9.44. The molecule has 2 aliphatic heterocycles. The molecule has 1 N–H and O–H groups in total. The van der Waals surface area contributed by atoms with Gasteiger partial charge in [-0.05, 0) is 69.2 Å². The predicted octanol–water partition coefficient (Wildman–Crippen LogP) is 5.21. The van der Waals surface area contributed by atoms with Crippen LogP contribution in [0.15, 0.2) is 24.3 Å². The number of fused-ring (bicyclic) bond motifs is 2. The summed E-state index contributed by atoms with van der Waals surface area (Å²) < 4.78 is 23.4. The summed E-state index contributed by atoms with van der Waals surface area (Å²) in [4.78, 5) is 35.7. The van der Waals surface area contributed by atoms with E-state index in [1.807, 2.05) is 6.07 Å². The Hall–Kier alpha value is -3.55. The summed E-state index contributed by atoms with van der Waals surface area (Å²) in [5.74, 6) is 1.34. The van der Waals surface area contributed by atoms with Crippen LogP contribution >= 0.6 is 0 Å². The van der Waals surface area contributed by atoms with Gasteiger partial charge in [-0.1, -0.05) is 13.3 Å². The minimum absolute atomic E-state index is 0.106. The number of hydrogen-bond acceptors (Lipinski definition) is 7. The number of aliphatic carboxylic acids is 1. The summed E-state index contributed by atoms with van der Waals surface area (Å²) >= 11 is 0. The summed E-state index contributed by atoms with van der Waals surface area (Å²) in [6.07, 6.45) is 4.60. The van der Waals surface area contributed by atoms with Crippen LogP contribution in [0.5, 0.6) is 23.0 Å². The van der Waals surface area contributed by atoms with Gasteiger partial charge in [-0.2, -0.15) is 0 Å². The monoisotopic (exact) mass is 510 g/mol. The van der Waals surface area contributed by atoms with Crippen molar-refractivity contribution >= 4 is 17.5 Å². The van der Waals surface area contributed by atoms with E-state index >= 15 is 0 Å². The van der Waals surface area contributed by atoms with Crippen molar-refractivity contribution in [2.24, 2.45) is 0 Å². The van der Waals surface area contributed by atoms with Crippen LogP contribution in [0.25, 0.3) is 0 Å². The van der Waals surface area contributed by atoms with Gasteiger partial charge >= 0.3 is 5.97 Å². The Labute approximate surface area is 216 Å². The summed E-state index contributed by atoms with van der Waals surface area (Å²) in [7, 11) is 0. The third-order valence-corrected chi connectivity index (χ3v) is 6.66. The smallest absolute Gasteiger partial charge is 0.344 e. The zero-order valence-corrected chi connectivity index (χ0v) is 21.5. The molecule has 198 valence electrons. The van der Waals surface area contributed by atoms with E-state index in [0.29, 0.717) is 67.5 Å². The van der Waals surface area contributed by atoms with Gasteiger partial charge in [0.1, 0.15) is 23.0 Å². The molecule has 1 unspecified atom stereocenters. The molecule has 0 aromatic heterocycles. The first kappa shape index (κ1) is 26.5. The van der Waals surface area contributed by atoms with E-state index in [0.717, 1.165) is 49.0 Å². The van der Waals surface area contributed by atoms with E-state index < -0.39 is 12.1 Å². The molecule has 8 heteroatoms. The Morgan fingerprint density at radius 2 is 1.81 bits per heavy atom. The fourth-order valence-corrected chi connectivity index (χ4v) is 4.72. The number of ether oxygens (including phenoxy) is 4. The molecule has 4 rings (SSSR count). The maximum Gasteiger partial charge on any atom is 0.344 e. The Bertz CT molecular complexity index is 1170. The van der Waals surface area contributed by atoms with Gasteiger partial charge in [0.25, 0.3) is 0 Å². The van der Waals surface area contributed by atoms with E-state index in [1.165, 1.54) is 6.92 Å². The highest BCUT2D eigenvalue weighted by atomic mass is 16.5.